The smallest absolute Gasteiger partial charge is 0.414 e. The molecule has 1 aromatic carbocycles. The molecule has 0 bridgehead atoms. The molecule has 2 aliphatic heterocycles. The van der Waals surface area contributed by atoms with Crippen LogP contribution in [0.3, 0.4) is 0 Å². The standard InChI is InChI=1S/C25H34N4O3/c1-7-16-12-20(26)23-22(27-14-16)15(2)19(13-21(30)28-23)17-8-10-18(11-9-17)29(6)24(31)32-25(3,4)5/h8-11,14,16,19,23,26H,7,12-13H2,1-6H3,(H,28,30). The molecule has 0 aliphatic carbocycles. The Labute approximate surface area is 190 Å². The van der Waals surface area contributed by atoms with Crippen molar-refractivity contribution in [3.8, 4) is 0 Å². The zero-order chi connectivity index (χ0) is 23.6. The Balaban J connectivity index is 1.90. The van der Waals surface area contributed by atoms with Crippen molar-refractivity contribution < 1.29 is 14.3 Å². The summed E-state index contributed by atoms with van der Waals surface area (Å²) >= 11 is 0. The summed E-state index contributed by atoms with van der Waals surface area (Å²) in [6.07, 6.45) is 3.33. The summed E-state index contributed by atoms with van der Waals surface area (Å²) in [7, 11) is 1.68. The van der Waals surface area contributed by atoms with E-state index in [1.165, 1.54) is 4.90 Å². The van der Waals surface area contributed by atoms with Gasteiger partial charge in [-0.05, 0) is 69.7 Å². The maximum atomic E-state index is 12.7. The van der Waals surface area contributed by atoms with Crippen molar-refractivity contribution in [3.05, 3.63) is 41.1 Å². The summed E-state index contributed by atoms with van der Waals surface area (Å²) in [5.41, 5.74) is 3.40. The number of ether oxygens (including phenoxy) is 1. The minimum Gasteiger partial charge on any atom is -0.443 e. The molecule has 0 fully saturated rings. The molecule has 0 radical (unpaired) electrons. The van der Waals surface area contributed by atoms with Gasteiger partial charge in [0.2, 0.25) is 5.91 Å². The van der Waals surface area contributed by atoms with Gasteiger partial charge in [0.1, 0.15) is 11.6 Å². The third-order valence-corrected chi connectivity index (χ3v) is 6.02. The summed E-state index contributed by atoms with van der Waals surface area (Å²) in [5.74, 6) is -0.00837. The van der Waals surface area contributed by atoms with Crippen molar-refractivity contribution >= 4 is 29.6 Å². The average Bonchev–Trinajstić information content (AvgIpc) is 2.96. The fraction of sp³-hybridized carbons (Fsp3) is 0.520. The number of amides is 2. The van der Waals surface area contributed by atoms with Gasteiger partial charge in [-0.3, -0.25) is 14.7 Å². The highest BCUT2D eigenvalue weighted by atomic mass is 16.6. The minimum atomic E-state index is -0.567. The van der Waals surface area contributed by atoms with Gasteiger partial charge < -0.3 is 15.5 Å². The number of rotatable bonds is 3. The second kappa shape index (κ2) is 9.27. The molecular formula is C25H34N4O3. The van der Waals surface area contributed by atoms with Crippen molar-refractivity contribution in [2.75, 3.05) is 11.9 Å². The number of allylic oxidation sites excluding steroid dienone is 1. The maximum Gasteiger partial charge on any atom is 0.414 e. The van der Waals surface area contributed by atoms with Crippen LogP contribution in [0.25, 0.3) is 0 Å². The lowest BCUT2D eigenvalue weighted by molar-refractivity contribution is -0.121. The van der Waals surface area contributed by atoms with Crippen molar-refractivity contribution in [1.82, 2.24) is 5.32 Å². The fourth-order valence-corrected chi connectivity index (χ4v) is 4.08. The summed E-state index contributed by atoms with van der Waals surface area (Å²) in [6.45, 7) is 9.59. The van der Waals surface area contributed by atoms with E-state index in [1.807, 2.05) is 58.2 Å². The molecule has 1 aromatic rings. The number of carbonyl (C=O) groups is 2. The molecule has 32 heavy (non-hydrogen) atoms. The second-order valence-corrected chi connectivity index (χ2v) is 9.63. The molecule has 0 aromatic heterocycles. The molecule has 3 rings (SSSR count). The first-order valence-electron chi connectivity index (χ1n) is 11.2. The molecule has 7 nitrogen and oxygen atoms in total. The van der Waals surface area contributed by atoms with E-state index in [0.717, 1.165) is 23.3 Å². The molecule has 2 aliphatic rings. The number of hydrogen-bond donors (Lipinski definition) is 2. The normalized spacial score (nSPS) is 23.8. The van der Waals surface area contributed by atoms with Gasteiger partial charge in [0.15, 0.2) is 0 Å². The Hall–Kier alpha value is -2.96. The second-order valence-electron chi connectivity index (χ2n) is 9.63. The van der Waals surface area contributed by atoms with E-state index in [-0.39, 0.29) is 17.7 Å². The number of benzene rings is 1. The van der Waals surface area contributed by atoms with Crippen LogP contribution in [0.2, 0.25) is 0 Å². The highest BCUT2D eigenvalue weighted by Crippen LogP contribution is 2.36. The maximum absolute atomic E-state index is 12.7. The van der Waals surface area contributed by atoms with E-state index >= 15 is 0 Å². The molecule has 0 spiro atoms. The van der Waals surface area contributed by atoms with E-state index < -0.39 is 17.7 Å². The molecule has 7 heteroatoms. The van der Waals surface area contributed by atoms with Gasteiger partial charge in [-0.25, -0.2) is 4.79 Å². The van der Waals surface area contributed by atoms with Gasteiger partial charge in [-0.2, -0.15) is 0 Å². The van der Waals surface area contributed by atoms with Gasteiger partial charge in [0, 0.05) is 37.0 Å². The first kappa shape index (κ1) is 23.7. The largest absolute Gasteiger partial charge is 0.443 e. The fourth-order valence-electron chi connectivity index (χ4n) is 4.08. The van der Waals surface area contributed by atoms with E-state index in [4.69, 9.17) is 15.1 Å². The van der Waals surface area contributed by atoms with Gasteiger partial charge in [-0.15, -0.1) is 0 Å². The van der Waals surface area contributed by atoms with Crippen LogP contribution in [-0.2, 0) is 9.53 Å². The molecule has 172 valence electrons. The first-order chi connectivity index (χ1) is 15.0. The zero-order valence-corrected chi connectivity index (χ0v) is 19.9. The topological polar surface area (TPSA) is 94.8 Å². The van der Waals surface area contributed by atoms with Crippen molar-refractivity contribution in [2.24, 2.45) is 10.9 Å². The zero-order valence-electron chi connectivity index (χ0n) is 19.9. The average molecular weight is 439 g/mol. The molecule has 2 heterocycles. The number of anilines is 1. The Bertz CT molecular complexity index is 956. The van der Waals surface area contributed by atoms with Gasteiger partial charge in [0.05, 0.1) is 5.70 Å². The molecule has 3 atom stereocenters. The monoisotopic (exact) mass is 438 g/mol. The number of carbonyl (C=O) groups excluding carboxylic acids is 2. The molecule has 0 saturated carbocycles. The summed E-state index contributed by atoms with van der Waals surface area (Å²) in [5, 5.41) is 11.5. The summed E-state index contributed by atoms with van der Waals surface area (Å²) in [6, 6.07) is 7.16. The number of nitrogens with zero attached hydrogens (tertiary/aromatic N) is 2. The van der Waals surface area contributed by atoms with Crippen molar-refractivity contribution in [1.29, 1.82) is 5.41 Å². The SMILES string of the molecule is CCC1C=NC2=C(C)C(c3ccc(N(C)C(=O)OC(C)(C)C)cc3)CC(=O)NC2C(=N)C1. The highest BCUT2D eigenvalue weighted by Gasteiger charge is 2.34. The summed E-state index contributed by atoms with van der Waals surface area (Å²) in [4.78, 5) is 31.3. The number of hydrogen-bond acceptors (Lipinski definition) is 5. The van der Waals surface area contributed by atoms with E-state index in [9.17, 15) is 9.59 Å². The van der Waals surface area contributed by atoms with Crippen LogP contribution in [0.4, 0.5) is 10.5 Å². The van der Waals surface area contributed by atoms with Gasteiger partial charge in [0.25, 0.3) is 0 Å². The Morgan fingerprint density at radius 1 is 1.25 bits per heavy atom. The lowest BCUT2D eigenvalue weighted by Crippen LogP contribution is -2.40. The van der Waals surface area contributed by atoms with E-state index in [2.05, 4.69) is 12.2 Å². The van der Waals surface area contributed by atoms with Gasteiger partial charge >= 0.3 is 6.09 Å². The lowest BCUT2D eigenvalue weighted by atomic mass is 9.87. The van der Waals surface area contributed by atoms with Crippen molar-refractivity contribution in [3.63, 3.8) is 0 Å². The third kappa shape index (κ3) is 5.26. The number of aliphatic imine (C=N–C) groups is 1. The number of nitrogens with one attached hydrogen (secondary N) is 2. The van der Waals surface area contributed by atoms with Crippen LogP contribution >= 0.6 is 0 Å². The predicted molar refractivity (Wildman–Crippen MR) is 128 cm³/mol. The van der Waals surface area contributed by atoms with Crippen LogP contribution in [-0.4, -0.2) is 42.6 Å². The summed E-state index contributed by atoms with van der Waals surface area (Å²) < 4.78 is 5.44. The van der Waals surface area contributed by atoms with Gasteiger partial charge in [-0.1, -0.05) is 19.1 Å². The van der Waals surface area contributed by atoms with E-state index in [0.29, 0.717) is 24.2 Å². The van der Waals surface area contributed by atoms with Crippen LogP contribution < -0.4 is 10.2 Å². The minimum absolute atomic E-state index is 0.0841. The molecule has 2 N–H and O–H groups in total. The van der Waals surface area contributed by atoms with Crippen LogP contribution in [0.5, 0.6) is 0 Å². The lowest BCUT2D eigenvalue weighted by Gasteiger charge is -2.25. The molecular weight excluding hydrogens is 404 g/mol. The first-order valence-corrected chi connectivity index (χ1v) is 11.2. The molecule has 0 saturated heterocycles. The predicted octanol–water partition coefficient (Wildman–Crippen LogP) is 4.82. The Morgan fingerprint density at radius 3 is 2.50 bits per heavy atom. The highest BCUT2D eigenvalue weighted by molar-refractivity contribution is 5.97. The molecule has 3 unspecified atom stereocenters. The Morgan fingerprint density at radius 2 is 1.91 bits per heavy atom. The van der Waals surface area contributed by atoms with Crippen molar-refractivity contribution in [2.45, 2.75) is 71.4 Å². The third-order valence-electron chi connectivity index (χ3n) is 6.02. The van der Waals surface area contributed by atoms with Crippen LogP contribution in [0.1, 0.15) is 65.4 Å². The van der Waals surface area contributed by atoms with Crippen LogP contribution in [0, 0.1) is 11.3 Å². The van der Waals surface area contributed by atoms with E-state index in [1.54, 1.807) is 7.05 Å². The molecule has 2 amide bonds. The van der Waals surface area contributed by atoms with Crippen LogP contribution in [0.15, 0.2) is 40.5 Å². The quantitative estimate of drug-likeness (QED) is 0.708. The Kier molecular flexibility index (Phi) is 6.86. The number of fused-ring (bicyclic) bond motifs is 1.